The summed E-state index contributed by atoms with van der Waals surface area (Å²) in [5.74, 6) is 0.000218. The van der Waals surface area contributed by atoms with E-state index in [-0.39, 0.29) is 17.1 Å². The summed E-state index contributed by atoms with van der Waals surface area (Å²) in [5, 5.41) is 26.5. The Balaban J connectivity index is 1.84. The molecule has 0 spiro atoms. The van der Waals surface area contributed by atoms with Gasteiger partial charge in [0.25, 0.3) is 5.88 Å². The number of aromatic nitrogens is 1. The number of allylic oxidation sites excluding steroid dienone is 1. The Labute approximate surface area is 138 Å². The van der Waals surface area contributed by atoms with E-state index in [0.717, 1.165) is 17.7 Å². The van der Waals surface area contributed by atoms with Crippen molar-refractivity contribution in [1.82, 2.24) is 4.98 Å². The first-order valence-corrected chi connectivity index (χ1v) is 7.72. The fourth-order valence-electron chi connectivity index (χ4n) is 3.24. The standard InChI is InChI=1S/C16H15ClN4O2/c1-10-8-11-4-2-3-5-13(11)20-15(10)16(22)19(21(20)23)12-6-7-14(17)18-9-12/h2-7,9-10,21-22H,8H2,1H3. The molecule has 0 saturated heterocycles. The fraction of sp³-hybridized carbons (Fsp3) is 0.188. The van der Waals surface area contributed by atoms with Crippen LogP contribution in [-0.4, -0.2) is 10.1 Å². The van der Waals surface area contributed by atoms with E-state index >= 15 is 0 Å². The Bertz CT molecular complexity index is 793. The molecule has 6 nitrogen and oxygen atoms in total. The maximum absolute atomic E-state index is 12.9. The fourth-order valence-corrected chi connectivity index (χ4v) is 3.35. The van der Waals surface area contributed by atoms with Crippen molar-refractivity contribution in [2.24, 2.45) is 5.92 Å². The van der Waals surface area contributed by atoms with Gasteiger partial charge in [-0.1, -0.05) is 36.7 Å². The van der Waals surface area contributed by atoms with Crippen molar-refractivity contribution in [3.05, 3.63) is 70.1 Å². The first kappa shape index (κ1) is 14.3. The molecule has 0 radical (unpaired) electrons. The Morgan fingerprint density at radius 2 is 2.04 bits per heavy atom. The van der Waals surface area contributed by atoms with Gasteiger partial charge in [-0.05, 0) is 30.2 Å². The van der Waals surface area contributed by atoms with Gasteiger partial charge < -0.3 is 10.3 Å². The van der Waals surface area contributed by atoms with Crippen LogP contribution in [0.5, 0.6) is 0 Å². The van der Waals surface area contributed by atoms with E-state index in [1.54, 1.807) is 17.1 Å². The monoisotopic (exact) mass is 330 g/mol. The molecule has 7 heteroatoms. The van der Waals surface area contributed by atoms with Gasteiger partial charge in [-0.3, -0.25) is 0 Å². The van der Waals surface area contributed by atoms with Crippen LogP contribution in [0.4, 0.5) is 11.4 Å². The van der Waals surface area contributed by atoms with Crippen LogP contribution >= 0.6 is 11.6 Å². The van der Waals surface area contributed by atoms with E-state index in [2.05, 4.69) is 4.98 Å². The zero-order chi connectivity index (χ0) is 16.1. The van der Waals surface area contributed by atoms with Gasteiger partial charge in [0.2, 0.25) is 0 Å². The highest BCUT2D eigenvalue weighted by atomic mass is 35.5. The number of anilines is 2. The van der Waals surface area contributed by atoms with Crippen LogP contribution in [0.3, 0.4) is 0 Å². The van der Waals surface area contributed by atoms with E-state index in [9.17, 15) is 10.3 Å². The largest absolute Gasteiger partial charge is 0.581 e. The zero-order valence-electron chi connectivity index (χ0n) is 12.4. The van der Waals surface area contributed by atoms with Crippen LogP contribution in [0.25, 0.3) is 0 Å². The van der Waals surface area contributed by atoms with Crippen LogP contribution in [0.1, 0.15) is 12.5 Å². The Hall–Kier alpha value is -2.28. The zero-order valence-corrected chi connectivity index (χ0v) is 13.2. The molecule has 0 amide bonds. The van der Waals surface area contributed by atoms with Gasteiger partial charge in [0.05, 0.1) is 6.20 Å². The number of halogens is 1. The van der Waals surface area contributed by atoms with Crippen molar-refractivity contribution in [1.29, 1.82) is 0 Å². The lowest BCUT2D eigenvalue weighted by Crippen LogP contribution is -3.19. The number of hydrogen-bond donors (Lipinski definition) is 2. The molecule has 2 aliphatic heterocycles. The quantitative estimate of drug-likeness (QED) is 0.620. The lowest BCUT2D eigenvalue weighted by molar-refractivity contribution is -0.854. The van der Waals surface area contributed by atoms with Gasteiger partial charge in [0, 0.05) is 5.92 Å². The summed E-state index contributed by atoms with van der Waals surface area (Å²) in [4.78, 5) is 3.99. The molecule has 0 fully saturated rings. The van der Waals surface area contributed by atoms with Crippen LogP contribution in [0, 0.1) is 11.1 Å². The molecule has 2 unspecified atom stereocenters. The van der Waals surface area contributed by atoms with Gasteiger partial charge in [-0.2, -0.15) is 10.3 Å². The minimum absolute atomic E-state index is 0.0406. The maximum Gasteiger partial charge on any atom is 0.268 e. The number of nitrogens with one attached hydrogen (secondary N) is 1. The molecule has 2 aliphatic rings. The van der Waals surface area contributed by atoms with Crippen LogP contribution < -0.4 is 15.3 Å². The summed E-state index contributed by atoms with van der Waals surface area (Å²) in [7, 11) is 0. The highest BCUT2D eigenvalue weighted by Crippen LogP contribution is 2.38. The van der Waals surface area contributed by atoms with E-state index in [1.165, 1.54) is 11.2 Å². The molecule has 3 heterocycles. The molecular weight excluding hydrogens is 316 g/mol. The third-order valence-corrected chi connectivity index (χ3v) is 4.48. The van der Waals surface area contributed by atoms with Crippen molar-refractivity contribution in [3.63, 3.8) is 0 Å². The smallest absolute Gasteiger partial charge is 0.268 e. The minimum Gasteiger partial charge on any atom is -0.581 e. The molecular formula is C16H15ClN4O2. The van der Waals surface area contributed by atoms with Crippen molar-refractivity contribution < 1.29 is 10.4 Å². The second kappa shape index (κ2) is 5.13. The number of para-hydroxylation sites is 1. The number of rotatable bonds is 1. The van der Waals surface area contributed by atoms with Gasteiger partial charge in [0.15, 0.2) is 0 Å². The topological polar surface area (TPSA) is 67.1 Å². The Morgan fingerprint density at radius 1 is 1.26 bits per heavy atom. The average molecular weight is 331 g/mol. The predicted octanol–water partition coefficient (Wildman–Crippen LogP) is 2.19. The van der Waals surface area contributed by atoms with Crippen molar-refractivity contribution in [2.45, 2.75) is 13.3 Å². The summed E-state index contributed by atoms with van der Waals surface area (Å²) in [5.41, 5.74) is 3.04. The number of nitrogens with zero attached hydrogens (tertiary/aromatic N) is 3. The number of benzene rings is 1. The summed E-state index contributed by atoms with van der Waals surface area (Å²) < 4.78 is 0. The number of pyridine rings is 1. The molecule has 1 aromatic heterocycles. The molecule has 4 rings (SSSR count). The van der Waals surface area contributed by atoms with Crippen molar-refractivity contribution in [3.8, 4) is 0 Å². The third-order valence-electron chi connectivity index (χ3n) is 4.26. The number of fused-ring (bicyclic) bond motifs is 3. The molecule has 0 bridgehead atoms. The summed E-state index contributed by atoms with van der Waals surface area (Å²) in [6.45, 7) is 2.01. The van der Waals surface area contributed by atoms with Gasteiger partial charge >= 0.3 is 0 Å². The van der Waals surface area contributed by atoms with E-state index in [1.807, 2.05) is 31.2 Å². The van der Waals surface area contributed by atoms with Crippen LogP contribution in [0.2, 0.25) is 5.15 Å². The first-order chi connectivity index (χ1) is 11.1. The highest BCUT2D eigenvalue weighted by molar-refractivity contribution is 6.29. The molecule has 0 saturated carbocycles. The summed E-state index contributed by atoms with van der Waals surface area (Å²) >= 11 is 5.80. The first-order valence-electron chi connectivity index (χ1n) is 7.34. The number of quaternary nitrogens is 1. The average Bonchev–Trinajstić information content (AvgIpc) is 2.81. The minimum atomic E-state index is -0.305. The predicted molar refractivity (Wildman–Crippen MR) is 87.5 cm³/mol. The Morgan fingerprint density at radius 3 is 2.78 bits per heavy atom. The van der Waals surface area contributed by atoms with E-state index < -0.39 is 0 Å². The molecule has 1 aromatic carbocycles. The number of aliphatic hydroxyl groups excluding tert-OH is 1. The van der Waals surface area contributed by atoms with Gasteiger partial charge in [-0.25, -0.2) is 4.98 Å². The van der Waals surface area contributed by atoms with Crippen molar-refractivity contribution in [2.75, 3.05) is 10.0 Å². The Kier molecular flexibility index (Phi) is 3.19. The van der Waals surface area contributed by atoms with Gasteiger partial charge in [0.1, 0.15) is 22.2 Å². The normalized spacial score (nSPS) is 23.1. The molecule has 2 N–H and O–H groups in total. The highest BCUT2D eigenvalue weighted by Gasteiger charge is 2.44. The van der Waals surface area contributed by atoms with E-state index in [4.69, 9.17) is 11.6 Å². The summed E-state index contributed by atoms with van der Waals surface area (Å²) in [6.07, 6.45) is 2.26. The number of hydrogen-bond acceptors (Lipinski definition) is 5. The number of aliphatic hydroxyl groups is 1. The lowest BCUT2D eigenvalue weighted by atomic mass is 9.92. The second-order valence-corrected chi connectivity index (χ2v) is 6.12. The van der Waals surface area contributed by atoms with Crippen molar-refractivity contribution >= 4 is 23.0 Å². The molecule has 2 aromatic rings. The van der Waals surface area contributed by atoms with Crippen LogP contribution in [-0.2, 0) is 6.42 Å². The van der Waals surface area contributed by atoms with Crippen LogP contribution in [0.15, 0.2) is 54.2 Å². The SMILES string of the molecule is CC1Cc2ccccc2N2C1=C(O)N(c1ccc(Cl)nc1)[NH+]2[O-]. The lowest BCUT2D eigenvalue weighted by Gasteiger charge is -2.37. The van der Waals surface area contributed by atoms with Gasteiger partial charge in [-0.15, -0.1) is 5.01 Å². The third kappa shape index (κ3) is 2.07. The molecule has 118 valence electrons. The van der Waals surface area contributed by atoms with E-state index in [0.29, 0.717) is 16.5 Å². The molecule has 2 atom stereocenters. The molecule has 0 aliphatic carbocycles. The summed E-state index contributed by atoms with van der Waals surface area (Å²) in [6, 6.07) is 11.0. The second-order valence-electron chi connectivity index (χ2n) is 5.74. The molecule has 23 heavy (non-hydrogen) atoms. The maximum atomic E-state index is 12.9.